The maximum atomic E-state index is 12.1. The van der Waals surface area contributed by atoms with Crippen molar-refractivity contribution in [2.45, 2.75) is 112 Å². The lowest BCUT2D eigenvalue weighted by Crippen LogP contribution is -2.53. The Morgan fingerprint density at radius 2 is 1.64 bits per heavy atom. The molecule has 4 rings (SSSR count). The third-order valence-corrected chi connectivity index (χ3v) is 10.7. The minimum Gasteiger partial charge on any atom is -0.300 e. The van der Waals surface area contributed by atoms with Crippen LogP contribution in [0.1, 0.15) is 112 Å². The van der Waals surface area contributed by atoms with Gasteiger partial charge >= 0.3 is 0 Å². The fourth-order valence-electron chi connectivity index (χ4n) is 9.07. The Labute approximate surface area is 174 Å². The molecule has 0 heterocycles. The molecule has 4 aliphatic rings. The zero-order valence-corrected chi connectivity index (χ0v) is 19.4. The quantitative estimate of drug-likeness (QED) is 0.473. The Hall–Kier alpha value is -0.330. The molecule has 1 nitrogen and oxygen atoms in total. The molecule has 0 aromatic rings. The van der Waals surface area contributed by atoms with Crippen molar-refractivity contribution in [1.29, 1.82) is 0 Å². The summed E-state index contributed by atoms with van der Waals surface area (Å²) in [6, 6.07) is 0. The topological polar surface area (TPSA) is 17.1 Å². The first-order chi connectivity index (χ1) is 13.3. The van der Waals surface area contributed by atoms with Gasteiger partial charge in [-0.1, -0.05) is 53.9 Å². The second-order valence-corrected chi connectivity index (χ2v) is 12.4. The molecule has 0 saturated heterocycles. The van der Waals surface area contributed by atoms with E-state index in [1.54, 1.807) is 0 Å². The number of fused-ring (bicyclic) bond motifs is 5. The highest BCUT2D eigenvalue weighted by molar-refractivity contribution is 5.79. The fourth-order valence-corrected chi connectivity index (χ4v) is 9.07. The van der Waals surface area contributed by atoms with Gasteiger partial charge < -0.3 is 0 Å². The first-order valence-electron chi connectivity index (χ1n) is 12.8. The third-order valence-electron chi connectivity index (χ3n) is 10.7. The van der Waals surface area contributed by atoms with Crippen LogP contribution in [0.25, 0.3) is 0 Å². The summed E-state index contributed by atoms with van der Waals surface area (Å²) in [6.07, 6.45) is 15.9. The summed E-state index contributed by atoms with van der Waals surface area (Å²) in [4.78, 5) is 12.1. The van der Waals surface area contributed by atoms with Crippen LogP contribution in [0.5, 0.6) is 0 Å². The largest absolute Gasteiger partial charge is 0.300 e. The average Bonchev–Trinajstić information content (AvgIpc) is 2.99. The highest BCUT2D eigenvalue weighted by atomic mass is 16.1. The maximum Gasteiger partial charge on any atom is 0.133 e. The highest BCUT2D eigenvalue weighted by Gasteiger charge is 2.60. The molecule has 0 spiro atoms. The summed E-state index contributed by atoms with van der Waals surface area (Å²) in [6.45, 7) is 12.6. The molecule has 0 amide bonds. The molecule has 4 saturated carbocycles. The minimum absolute atomic E-state index is 0.471. The van der Waals surface area contributed by atoms with E-state index in [1.807, 2.05) is 0 Å². The summed E-state index contributed by atoms with van der Waals surface area (Å²) < 4.78 is 0. The normalized spacial score (nSPS) is 46.8. The second-order valence-electron chi connectivity index (χ2n) is 12.4. The predicted octanol–water partition coefficient (Wildman–Crippen LogP) is 7.68. The lowest BCUT2D eigenvalue weighted by molar-refractivity contribution is -0.140. The molecule has 1 heteroatoms. The van der Waals surface area contributed by atoms with Crippen LogP contribution >= 0.6 is 0 Å². The van der Waals surface area contributed by atoms with Gasteiger partial charge in [0.2, 0.25) is 0 Å². The van der Waals surface area contributed by atoms with Crippen LogP contribution in [0, 0.1) is 52.3 Å². The van der Waals surface area contributed by atoms with Crippen LogP contribution in [0.2, 0.25) is 0 Å². The molecule has 28 heavy (non-hydrogen) atoms. The molecule has 0 unspecified atom stereocenters. The van der Waals surface area contributed by atoms with E-state index in [0.717, 1.165) is 48.3 Å². The number of hydrogen-bond acceptors (Lipinski definition) is 1. The van der Waals surface area contributed by atoms with E-state index in [9.17, 15) is 4.79 Å². The Morgan fingerprint density at radius 1 is 0.893 bits per heavy atom. The van der Waals surface area contributed by atoms with Crippen LogP contribution in [0.4, 0.5) is 0 Å². The van der Waals surface area contributed by atoms with Crippen molar-refractivity contribution in [3.8, 4) is 0 Å². The summed E-state index contributed by atoms with van der Waals surface area (Å²) in [7, 11) is 0. The van der Waals surface area contributed by atoms with E-state index in [-0.39, 0.29) is 0 Å². The van der Waals surface area contributed by atoms with Gasteiger partial charge in [0.05, 0.1) is 0 Å². The van der Waals surface area contributed by atoms with E-state index in [1.165, 1.54) is 64.2 Å². The molecule has 0 N–H and O–H groups in total. The van der Waals surface area contributed by atoms with Gasteiger partial charge in [-0.2, -0.15) is 0 Å². The van der Waals surface area contributed by atoms with Crippen molar-refractivity contribution in [3.63, 3.8) is 0 Å². The summed E-state index contributed by atoms with van der Waals surface area (Å²) in [5.41, 5.74) is 1.07. The van der Waals surface area contributed by atoms with Crippen LogP contribution < -0.4 is 0 Å². The molecule has 4 aliphatic carbocycles. The van der Waals surface area contributed by atoms with Crippen LogP contribution in [0.15, 0.2) is 0 Å². The predicted molar refractivity (Wildman–Crippen MR) is 118 cm³/mol. The Morgan fingerprint density at radius 3 is 2.39 bits per heavy atom. The monoisotopic (exact) mass is 386 g/mol. The molecule has 4 fully saturated rings. The Balaban J connectivity index is 1.47. The number of carbonyl (C=O) groups excluding carboxylic acids is 1. The van der Waals surface area contributed by atoms with Crippen molar-refractivity contribution in [2.75, 3.05) is 0 Å². The van der Waals surface area contributed by atoms with Crippen molar-refractivity contribution in [3.05, 3.63) is 0 Å². The van der Waals surface area contributed by atoms with Crippen molar-refractivity contribution < 1.29 is 4.79 Å². The number of ketones is 1. The van der Waals surface area contributed by atoms with Crippen LogP contribution in [0.3, 0.4) is 0 Å². The van der Waals surface area contributed by atoms with E-state index in [2.05, 4.69) is 34.6 Å². The SMILES string of the molecule is CC(C)CCC[C@H](C)[C@@H]1CC[C@H]2[C@@H]3CC[C@@H]4CC(=O)CC[C@@]4(C)[C@@H]3CC[C@]21C. The number of Topliss-reactive ketones (excluding diaryl/α,β-unsaturated/α-hetero) is 1. The Bertz CT molecular complexity index is 579. The van der Waals surface area contributed by atoms with E-state index in [4.69, 9.17) is 0 Å². The van der Waals surface area contributed by atoms with Gasteiger partial charge in [0.25, 0.3) is 0 Å². The molecule has 0 radical (unpaired) electrons. The molecule has 0 bridgehead atoms. The summed E-state index contributed by atoms with van der Waals surface area (Å²) in [5.74, 6) is 6.82. The lowest BCUT2D eigenvalue weighted by atomic mass is 9.44. The number of carbonyl (C=O) groups is 1. The van der Waals surface area contributed by atoms with Gasteiger partial charge in [0.15, 0.2) is 0 Å². The van der Waals surface area contributed by atoms with Gasteiger partial charge in [0.1, 0.15) is 5.78 Å². The molecule has 160 valence electrons. The highest BCUT2D eigenvalue weighted by Crippen LogP contribution is 2.68. The maximum absolute atomic E-state index is 12.1. The first kappa shape index (κ1) is 20.9. The van der Waals surface area contributed by atoms with Crippen LogP contribution in [-0.4, -0.2) is 5.78 Å². The van der Waals surface area contributed by atoms with E-state index in [0.29, 0.717) is 22.5 Å². The Kier molecular flexibility index (Phi) is 5.78. The molecule has 8 atom stereocenters. The summed E-state index contributed by atoms with van der Waals surface area (Å²) in [5, 5.41) is 0. The smallest absolute Gasteiger partial charge is 0.133 e. The zero-order valence-electron chi connectivity index (χ0n) is 19.4. The van der Waals surface area contributed by atoms with Gasteiger partial charge in [-0.25, -0.2) is 0 Å². The van der Waals surface area contributed by atoms with Crippen LogP contribution in [-0.2, 0) is 4.79 Å². The molecule has 0 aliphatic heterocycles. The number of hydrogen-bond donors (Lipinski definition) is 0. The third kappa shape index (κ3) is 3.41. The van der Waals surface area contributed by atoms with Gasteiger partial charge in [-0.3, -0.25) is 4.79 Å². The van der Waals surface area contributed by atoms with E-state index < -0.39 is 0 Å². The molecular formula is C27H46O. The van der Waals surface area contributed by atoms with Gasteiger partial charge in [0, 0.05) is 12.8 Å². The average molecular weight is 387 g/mol. The standard InChI is InChI=1S/C27H46O/c1-18(2)7-6-8-19(3)23-11-12-24-22-10-9-20-17-21(28)13-15-26(20,4)25(22)14-16-27(23,24)5/h18-20,22-25H,6-17H2,1-5H3/t19-,20+,22-,23-,24-,25+,26+,27-/m0/s1. The fraction of sp³-hybridized carbons (Fsp3) is 0.963. The van der Waals surface area contributed by atoms with Crippen molar-refractivity contribution in [2.24, 2.45) is 52.3 Å². The van der Waals surface area contributed by atoms with Crippen molar-refractivity contribution >= 4 is 5.78 Å². The molecule has 0 aromatic carbocycles. The zero-order chi connectivity index (χ0) is 20.1. The van der Waals surface area contributed by atoms with Gasteiger partial charge in [-0.15, -0.1) is 0 Å². The lowest BCUT2D eigenvalue weighted by Gasteiger charge is -2.60. The van der Waals surface area contributed by atoms with Gasteiger partial charge in [-0.05, 0) is 97.2 Å². The van der Waals surface area contributed by atoms with Crippen molar-refractivity contribution in [1.82, 2.24) is 0 Å². The minimum atomic E-state index is 0.471. The number of rotatable bonds is 5. The molecule has 0 aromatic heterocycles. The summed E-state index contributed by atoms with van der Waals surface area (Å²) >= 11 is 0. The van der Waals surface area contributed by atoms with E-state index >= 15 is 0 Å². The first-order valence-corrected chi connectivity index (χ1v) is 12.8. The molecular weight excluding hydrogens is 340 g/mol. The second kappa shape index (κ2) is 7.73.